The Kier molecular flexibility index (Phi) is 4.70. The summed E-state index contributed by atoms with van der Waals surface area (Å²) in [4.78, 5) is 23.7. The molecule has 2 aliphatic rings. The molecular weight excluding hydrogens is 364 g/mol. The van der Waals surface area contributed by atoms with E-state index in [1.807, 2.05) is 18.2 Å². The van der Waals surface area contributed by atoms with Gasteiger partial charge in [-0.2, -0.15) is 5.10 Å². The zero-order valence-corrected chi connectivity index (χ0v) is 15.7. The van der Waals surface area contributed by atoms with Crippen LogP contribution >= 0.6 is 11.6 Å². The first kappa shape index (κ1) is 17.7. The summed E-state index contributed by atoms with van der Waals surface area (Å²) in [6, 6.07) is 12.9. The van der Waals surface area contributed by atoms with Gasteiger partial charge in [-0.25, -0.2) is 5.01 Å². The van der Waals surface area contributed by atoms with Gasteiger partial charge in [0, 0.05) is 22.9 Å². The molecule has 6 heteroatoms. The first-order chi connectivity index (χ1) is 13.0. The summed E-state index contributed by atoms with van der Waals surface area (Å²) in [6.07, 6.45) is 2.30. The molecule has 1 atom stereocenters. The van der Waals surface area contributed by atoms with E-state index < -0.39 is 0 Å². The summed E-state index contributed by atoms with van der Waals surface area (Å²) in [7, 11) is 0. The summed E-state index contributed by atoms with van der Waals surface area (Å²) in [5, 5.41) is 6.82. The first-order valence-electron chi connectivity index (χ1n) is 8.94. The lowest BCUT2D eigenvalue weighted by Gasteiger charge is -2.33. The molecule has 1 amide bonds. The molecule has 2 aromatic rings. The van der Waals surface area contributed by atoms with Crippen LogP contribution in [0.5, 0.6) is 5.75 Å². The van der Waals surface area contributed by atoms with Crippen molar-refractivity contribution >= 4 is 34.7 Å². The highest BCUT2D eigenvalue weighted by Gasteiger charge is 2.34. The predicted molar refractivity (Wildman–Crippen MR) is 105 cm³/mol. The molecule has 2 aromatic carbocycles. The van der Waals surface area contributed by atoms with Gasteiger partial charge in [0.2, 0.25) is 5.91 Å². The molecule has 1 heterocycles. The maximum absolute atomic E-state index is 12.6. The number of benzene rings is 2. The highest BCUT2D eigenvalue weighted by molar-refractivity contribution is 6.31. The van der Waals surface area contributed by atoms with Gasteiger partial charge in [-0.3, -0.25) is 9.59 Å². The smallest absolute Gasteiger partial charge is 0.248 e. The monoisotopic (exact) mass is 382 g/mol. The molecule has 138 valence electrons. The zero-order chi connectivity index (χ0) is 19.0. The molecule has 1 aliphatic heterocycles. The minimum absolute atomic E-state index is 0.0216. The third-order valence-electron chi connectivity index (χ3n) is 4.89. The van der Waals surface area contributed by atoms with Crippen LogP contribution in [0.15, 0.2) is 47.6 Å². The van der Waals surface area contributed by atoms with Gasteiger partial charge < -0.3 is 4.74 Å². The van der Waals surface area contributed by atoms with Crippen molar-refractivity contribution in [3.05, 3.63) is 58.6 Å². The van der Waals surface area contributed by atoms with Gasteiger partial charge in [-0.15, -0.1) is 0 Å². The summed E-state index contributed by atoms with van der Waals surface area (Å²) < 4.78 is 5.38. The number of aryl methyl sites for hydroxylation is 1. The van der Waals surface area contributed by atoms with E-state index in [0.29, 0.717) is 22.9 Å². The Hall–Kier alpha value is -2.66. The van der Waals surface area contributed by atoms with Crippen molar-refractivity contribution in [2.24, 2.45) is 11.0 Å². The number of ketones is 1. The lowest BCUT2D eigenvalue weighted by Crippen LogP contribution is -2.39. The molecule has 0 aromatic heterocycles. The number of carbonyl (C=O) groups excluding carboxylic acids is 2. The fourth-order valence-electron chi connectivity index (χ4n) is 3.56. The van der Waals surface area contributed by atoms with Gasteiger partial charge in [-0.1, -0.05) is 17.7 Å². The number of hydrogen-bond acceptors (Lipinski definition) is 4. The third-order valence-corrected chi connectivity index (χ3v) is 5.12. The molecule has 0 spiro atoms. The number of hydrogen-bond donors (Lipinski definition) is 0. The van der Waals surface area contributed by atoms with Crippen molar-refractivity contribution in [3.63, 3.8) is 0 Å². The van der Waals surface area contributed by atoms with Crippen LogP contribution in [-0.4, -0.2) is 24.0 Å². The van der Waals surface area contributed by atoms with E-state index in [0.717, 1.165) is 24.1 Å². The van der Waals surface area contributed by atoms with Gasteiger partial charge in [0.25, 0.3) is 0 Å². The van der Waals surface area contributed by atoms with E-state index in [4.69, 9.17) is 16.3 Å². The fourth-order valence-corrected chi connectivity index (χ4v) is 3.73. The standard InChI is InChI=1S/C21H19ClN2O3/c1-13(25)12-27-18-8-6-17(7-9-18)24-20(26)10-15-3-2-14-4-5-16(22)11-19(14)21(15)23-24/h4-9,11,15H,2-3,10,12H2,1H3. The number of rotatable bonds is 4. The van der Waals surface area contributed by atoms with Crippen molar-refractivity contribution in [1.82, 2.24) is 0 Å². The zero-order valence-electron chi connectivity index (χ0n) is 14.9. The molecule has 0 radical (unpaired) electrons. The van der Waals surface area contributed by atoms with Crippen molar-refractivity contribution in [1.29, 1.82) is 0 Å². The Morgan fingerprint density at radius 2 is 2.04 bits per heavy atom. The molecule has 0 saturated heterocycles. The summed E-state index contributed by atoms with van der Waals surface area (Å²) >= 11 is 6.19. The second-order valence-electron chi connectivity index (χ2n) is 6.92. The Balaban J connectivity index is 1.65. The van der Waals surface area contributed by atoms with Gasteiger partial charge in [0.1, 0.15) is 12.4 Å². The van der Waals surface area contributed by atoms with Crippen LogP contribution in [0.1, 0.15) is 30.9 Å². The number of fused-ring (bicyclic) bond motifs is 3. The summed E-state index contributed by atoms with van der Waals surface area (Å²) in [6.45, 7) is 1.51. The molecular formula is C21H19ClN2O3. The second kappa shape index (κ2) is 7.16. The average Bonchev–Trinajstić information content (AvgIpc) is 2.66. The highest BCUT2D eigenvalue weighted by Crippen LogP contribution is 2.35. The molecule has 0 saturated carbocycles. The van der Waals surface area contributed by atoms with E-state index in [2.05, 4.69) is 5.10 Å². The molecule has 1 unspecified atom stereocenters. The van der Waals surface area contributed by atoms with Crippen LogP contribution in [-0.2, 0) is 16.0 Å². The number of halogens is 1. The van der Waals surface area contributed by atoms with E-state index >= 15 is 0 Å². The normalized spacial score (nSPS) is 18.4. The Bertz CT molecular complexity index is 937. The summed E-state index contributed by atoms with van der Waals surface area (Å²) in [5.74, 6) is 0.653. The molecule has 4 rings (SSSR count). The van der Waals surface area contributed by atoms with Crippen molar-refractivity contribution in [2.75, 3.05) is 11.6 Å². The number of hydrazone groups is 1. The number of amides is 1. The predicted octanol–water partition coefficient (Wildman–Crippen LogP) is 4.01. The summed E-state index contributed by atoms with van der Waals surface area (Å²) in [5.41, 5.74) is 3.86. The molecule has 0 bridgehead atoms. The van der Waals surface area contributed by atoms with Crippen LogP contribution in [0.2, 0.25) is 5.02 Å². The molecule has 1 aliphatic carbocycles. The van der Waals surface area contributed by atoms with Crippen molar-refractivity contribution < 1.29 is 14.3 Å². The number of carbonyl (C=O) groups is 2. The number of anilines is 1. The van der Waals surface area contributed by atoms with E-state index in [1.54, 1.807) is 24.3 Å². The molecule has 0 N–H and O–H groups in total. The van der Waals surface area contributed by atoms with E-state index in [-0.39, 0.29) is 24.2 Å². The van der Waals surface area contributed by atoms with Gasteiger partial charge in [0.15, 0.2) is 5.78 Å². The number of nitrogens with zero attached hydrogens (tertiary/aromatic N) is 2. The Morgan fingerprint density at radius 1 is 1.26 bits per heavy atom. The Morgan fingerprint density at radius 3 is 2.78 bits per heavy atom. The molecule has 0 fully saturated rings. The minimum atomic E-state index is -0.0441. The fraction of sp³-hybridized carbons (Fsp3) is 0.286. The first-order valence-corrected chi connectivity index (χ1v) is 9.31. The van der Waals surface area contributed by atoms with Gasteiger partial charge in [-0.05, 0) is 61.7 Å². The van der Waals surface area contributed by atoms with Crippen LogP contribution in [0, 0.1) is 5.92 Å². The van der Waals surface area contributed by atoms with E-state index in [1.165, 1.54) is 17.5 Å². The Labute approximate surface area is 162 Å². The lowest BCUT2D eigenvalue weighted by molar-refractivity contribution is -0.120. The SMILES string of the molecule is CC(=O)COc1ccc(N2N=C3c4cc(Cl)ccc4CCC3CC2=O)cc1. The van der Waals surface area contributed by atoms with Gasteiger partial charge in [0.05, 0.1) is 11.4 Å². The average molecular weight is 383 g/mol. The third kappa shape index (κ3) is 3.60. The maximum atomic E-state index is 12.6. The number of ether oxygens (including phenoxy) is 1. The van der Waals surface area contributed by atoms with Crippen LogP contribution in [0.3, 0.4) is 0 Å². The minimum Gasteiger partial charge on any atom is -0.486 e. The topological polar surface area (TPSA) is 59.0 Å². The molecule has 27 heavy (non-hydrogen) atoms. The van der Waals surface area contributed by atoms with Crippen LogP contribution < -0.4 is 9.75 Å². The van der Waals surface area contributed by atoms with Crippen LogP contribution in [0.4, 0.5) is 5.69 Å². The lowest BCUT2D eigenvalue weighted by atomic mass is 9.79. The van der Waals surface area contributed by atoms with Crippen LogP contribution in [0.25, 0.3) is 0 Å². The van der Waals surface area contributed by atoms with Crippen molar-refractivity contribution in [2.45, 2.75) is 26.2 Å². The maximum Gasteiger partial charge on any atom is 0.248 e. The van der Waals surface area contributed by atoms with E-state index in [9.17, 15) is 9.59 Å². The number of Topliss-reactive ketones (excluding diaryl/α,β-unsaturated/α-hetero) is 1. The van der Waals surface area contributed by atoms with Crippen molar-refractivity contribution in [3.8, 4) is 5.75 Å². The second-order valence-corrected chi connectivity index (χ2v) is 7.35. The van der Waals surface area contributed by atoms with Gasteiger partial charge >= 0.3 is 0 Å². The molecule has 5 nitrogen and oxygen atoms in total. The largest absolute Gasteiger partial charge is 0.486 e. The highest BCUT2D eigenvalue weighted by atomic mass is 35.5. The quantitative estimate of drug-likeness (QED) is 0.802.